The molecule has 186 valence electrons. The molecule has 2 aromatic rings. The number of carboxylic acid groups (broad SMARTS) is 1. The van der Waals surface area contributed by atoms with Crippen LogP contribution in [0.2, 0.25) is 0 Å². The molecule has 11 nitrogen and oxygen atoms in total. The molecule has 1 aliphatic rings. The van der Waals surface area contributed by atoms with Gasteiger partial charge < -0.3 is 24.9 Å². The second-order valence-corrected chi connectivity index (χ2v) is 7.76. The molecule has 0 aliphatic carbocycles. The molecule has 3 rings (SSSR count). The van der Waals surface area contributed by atoms with E-state index in [1.54, 1.807) is 19.1 Å². The Balaban J connectivity index is 1.66. The molecule has 0 saturated carbocycles. The van der Waals surface area contributed by atoms with Crippen molar-refractivity contribution < 1.29 is 33.9 Å². The van der Waals surface area contributed by atoms with E-state index in [2.05, 4.69) is 10.3 Å². The van der Waals surface area contributed by atoms with Crippen molar-refractivity contribution in [2.45, 2.75) is 25.8 Å². The van der Waals surface area contributed by atoms with E-state index in [0.29, 0.717) is 5.69 Å². The predicted octanol–water partition coefficient (Wildman–Crippen LogP) is 1.94. The van der Waals surface area contributed by atoms with Gasteiger partial charge in [0.1, 0.15) is 11.7 Å². The summed E-state index contributed by atoms with van der Waals surface area (Å²) in [5.41, 5.74) is 1.56. The monoisotopic (exact) mass is 484 g/mol. The summed E-state index contributed by atoms with van der Waals surface area (Å²) >= 11 is 0. The molecule has 0 bridgehead atoms. The Hall–Kier alpha value is -3.99. The molecule has 0 radical (unpaired) electrons. The fourth-order valence-corrected chi connectivity index (χ4v) is 3.56. The van der Waals surface area contributed by atoms with Gasteiger partial charge in [0, 0.05) is 25.1 Å². The van der Waals surface area contributed by atoms with Crippen LogP contribution in [-0.2, 0) is 19.2 Å². The Kier molecular flexibility index (Phi) is 9.13. The van der Waals surface area contributed by atoms with Crippen LogP contribution in [0.5, 0.6) is 0 Å². The topological polar surface area (TPSA) is 138 Å². The van der Waals surface area contributed by atoms with Crippen LogP contribution < -0.4 is 5.32 Å². The van der Waals surface area contributed by atoms with Crippen LogP contribution in [0.25, 0.3) is 11.3 Å². The molecule has 2 heterocycles. The Labute approximate surface area is 202 Å². The van der Waals surface area contributed by atoms with Crippen LogP contribution in [-0.4, -0.2) is 82.8 Å². The van der Waals surface area contributed by atoms with Gasteiger partial charge in [-0.3, -0.25) is 14.4 Å². The molecule has 1 aromatic heterocycles. The van der Waals surface area contributed by atoms with Crippen LogP contribution in [0.15, 0.2) is 48.5 Å². The number of rotatable bonds is 9. The Morgan fingerprint density at radius 1 is 1.03 bits per heavy atom. The third-order valence-corrected chi connectivity index (χ3v) is 5.32. The number of piperazine rings is 1. The molecule has 2 amide bonds. The standard InChI is InChI=1S/C24H28N4O7/c1-2-34-24(33)35-28-15-13-27(14-16-28)23(32)20(11-12-21(29)30)26-22(31)19-10-6-9-18(25-19)17-7-4-3-5-8-17/h3-10,20H,2,11-16H2,1H3,(H,26,31)(H,29,30)/t20-/m0/s1. The molecule has 2 N–H and O–H groups in total. The normalized spacial score (nSPS) is 14.6. The van der Waals surface area contributed by atoms with Gasteiger partial charge in [-0.05, 0) is 25.5 Å². The summed E-state index contributed by atoms with van der Waals surface area (Å²) in [6.07, 6.45) is -1.18. The van der Waals surface area contributed by atoms with Gasteiger partial charge in [0.25, 0.3) is 5.91 Å². The number of hydrogen-bond donors (Lipinski definition) is 2. The van der Waals surface area contributed by atoms with Gasteiger partial charge in [-0.25, -0.2) is 9.78 Å². The molecular weight excluding hydrogens is 456 g/mol. The number of amides is 2. The van der Waals surface area contributed by atoms with Crippen molar-refractivity contribution in [2.75, 3.05) is 32.8 Å². The number of benzene rings is 1. The van der Waals surface area contributed by atoms with Crippen molar-refractivity contribution in [3.8, 4) is 11.3 Å². The van der Waals surface area contributed by atoms with E-state index in [0.717, 1.165) is 5.56 Å². The SMILES string of the molecule is CCOC(=O)ON1CCN(C(=O)[C@H](CCC(=O)O)NC(=O)c2cccc(-c3ccccc3)n2)CC1. The summed E-state index contributed by atoms with van der Waals surface area (Å²) in [5, 5.41) is 13.2. The first-order valence-corrected chi connectivity index (χ1v) is 11.3. The highest BCUT2D eigenvalue weighted by Gasteiger charge is 2.30. The lowest BCUT2D eigenvalue weighted by Crippen LogP contribution is -2.55. The summed E-state index contributed by atoms with van der Waals surface area (Å²) in [7, 11) is 0. The first-order valence-electron chi connectivity index (χ1n) is 11.3. The lowest BCUT2D eigenvalue weighted by Gasteiger charge is -2.35. The Bertz CT molecular complexity index is 1040. The highest BCUT2D eigenvalue weighted by atomic mass is 16.8. The smallest absolute Gasteiger partial charge is 0.481 e. The zero-order valence-electron chi connectivity index (χ0n) is 19.4. The van der Waals surface area contributed by atoms with E-state index in [4.69, 9.17) is 14.7 Å². The summed E-state index contributed by atoms with van der Waals surface area (Å²) in [4.78, 5) is 59.6. The number of carbonyl (C=O) groups is 4. The van der Waals surface area contributed by atoms with Crippen molar-refractivity contribution in [3.63, 3.8) is 0 Å². The average Bonchev–Trinajstić information content (AvgIpc) is 2.87. The number of carbonyl (C=O) groups excluding carboxylic acids is 3. The molecule has 35 heavy (non-hydrogen) atoms. The number of aromatic nitrogens is 1. The lowest BCUT2D eigenvalue weighted by molar-refractivity contribution is -0.157. The quantitative estimate of drug-likeness (QED) is 0.511. The maximum atomic E-state index is 13.1. The first kappa shape index (κ1) is 25.6. The summed E-state index contributed by atoms with van der Waals surface area (Å²) in [6, 6.07) is 13.3. The third kappa shape index (κ3) is 7.51. The van der Waals surface area contributed by atoms with Gasteiger partial charge >= 0.3 is 12.1 Å². The van der Waals surface area contributed by atoms with E-state index in [1.165, 1.54) is 16.0 Å². The number of ether oxygens (including phenoxy) is 1. The van der Waals surface area contributed by atoms with Crippen molar-refractivity contribution >= 4 is 23.9 Å². The van der Waals surface area contributed by atoms with Gasteiger partial charge in [0.05, 0.1) is 25.4 Å². The molecule has 1 saturated heterocycles. The minimum atomic E-state index is -1.08. The largest absolute Gasteiger partial charge is 0.527 e. The Morgan fingerprint density at radius 3 is 2.40 bits per heavy atom. The Morgan fingerprint density at radius 2 is 1.74 bits per heavy atom. The number of nitrogens with one attached hydrogen (secondary N) is 1. The average molecular weight is 485 g/mol. The number of aliphatic carboxylic acids is 1. The number of hydrogen-bond acceptors (Lipinski definition) is 8. The van der Waals surface area contributed by atoms with Crippen LogP contribution >= 0.6 is 0 Å². The molecule has 1 aliphatic heterocycles. The zero-order chi connectivity index (χ0) is 25.2. The van der Waals surface area contributed by atoms with Crippen molar-refractivity contribution in [2.24, 2.45) is 0 Å². The number of hydroxylamine groups is 2. The number of nitrogens with zero attached hydrogens (tertiary/aromatic N) is 3. The summed E-state index contributed by atoms with van der Waals surface area (Å²) in [5.74, 6) is -2.06. The predicted molar refractivity (Wildman–Crippen MR) is 124 cm³/mol. The van der Waals surface area contributed by atoms with Crippen LogP contribution in [0.3, 0.4) is 0 Å². The molecule has 1 atom stereocenters. The van der Waals surface area contributed by atoms with Crippen molar-refractivity contribution in [1.29, 1.82) is 0 Å². The fourth-order valence-electron chi connectivity index (χ4n) is 3.56. The van der Waals surface area contributed by atoms with Gasteiger partial charge in [-0.2, -0.15) is 0 Å². The van der Waals surface area contributed by atoms with Crippen LogP contribution in [0, 0.1) is 0 Å². The maximum absolute atomic E-state index is 13.1. The van der Waals surface area contributed by atoms with Gasteiger partial charge in [0.2, 0.25) is 5.91 Å². The third-order valence-electron chi connectivity index (χ3n) is 5.32. The molecule has 0 unspecified atom stereocenters. The number of pyridine rings is 1. The summed E-state index contributed by atoms with van der Waals surface area (Å²) < 4.78 is 4.74. The van der Waals surface area contributed by atoms with Crippen molar-refractivity contribution in [3.05, 3.63) is 54.2 Å². The molecule has 1 fully saturated rings. The van der Waals surface area contributed by atoms with E-state index in [1.807, 2.05) is 30.3 Å². The first-order chi connectivity index (χ1) is 16.9. The zero-order valence-corrected chi connectivity index (χ0v) is 19.4. The van der Waals surface area contributed by atoms with Gasteiger partial charge in [-0.1, -0.05) is 36.4 Å². The molecular formula is C24H28N4O7. The van der Waals surface area contributed by atoms with Gasteiger partial charge in [0.15, 0.2) is 0 Å². The van der Waals surface area contributed by atoms with Crippen LogP contribution in [0.1, 0.15) is 30.3 Å². The fraction of sp³-hybridized carbons (Fsp3) is 0.375. The number of carboxylic acids is 1. The lowest BCUT2D eigenvalue weighted by atomic mass is 10.1. The van der Waals surface area contributed by atoms with Gasteiger partial charge in [-0.15, -0.1) is 5.06 Å². The summed E-state index contributed by atoms with van der Waals surface area (Å²) in [6.45, 7) is 2.83. The van der Waals surface area contributed by atoms with E-state index < -0.39 is 30.0 Å². The second kappa shape index (κ2) is 12.5. The van der Waals surface area contributed by atoms with E-state index in [-0.39, 0.29) is 51.3 Å². The molecule has 1 aromatic carbocycles. The molecule has 0 spiro atoms. The minimum absolute atomic E-state index is 0.0716. The van der Waals surface area contributed by atoms with Crippen LogP contribution in [0.4, 0.5) is 4.79 Å². The second-order valence-electron chi connectivity index (χ2n) is 7.76. The highest BCUT2D eigenvalue weighted by Crippen LogP contribution is 2.17. The van der Waals surface area contributed by atoms with Crippen molar-refractivity contribution in [1.82, 2.24) is 20.3 Å². The minimum Gasteiger partial charge on any atom is -0.481 e. The highest BCUT2D eigenvalue weighted by molar-refractivity contribution is 5.96. The van der Waals surface area contributed by atoms with E-state index >= 15 is 0 Å². The molecule has 11 heteroatoms. The maximum Gasteiger partial charge on any atom is 0.527 e. The van der Waals surface area contributed by atoms with E-state index in [9.17, 15) is 19.2 Å².